The summed E-state index contributed by atoms with van der Waals surface area (Å²) >= 11 is 55.0. The van der Waals surface area contributed by atoms with Crippen LogP contribution in [0.15, 0.2) is 156 Å². The number of rotatable bonds is 16. The number of Topliss-reactive ketones (excluding diaryl/α,β-unsaturated/α-hetero) is 1. The summed E-state index contributed by atoms with van der Waals surface area (Å²) in [6.07, 6.45) is 4.11. The number of amides is 1. The maximum absolute atomic E-state index is 14.1. The van der Waals surface area contributed by atoms with Gasteiger partial charge in [-0.3, -0.25) is 14.4 Å². The van der Waals surface area contributed by atoms with Gasteiger partial charge in [0.05, 0.1) is 36.5 Å². The predicted octanol–water partition coefficient (Wildman–Crippen LogP) is 13.1. The number of ketones is 1. The monoisotopic (exact) mass is 2170 g/mol. The molecule has 128 heavy (non-hydrogen) atoms. The minimum Gasteiger partial charge on any atom is -1.00 e. The van der Waals surface area contributed by atoms with Crippen molar-refractivity contribution in [2.75, 3.05) is 14.2 Å². The minimum atomic E-state index is -2.07. The first-order valence-corrected chi connectivity index (χ1v) is 47.5. The van der Waals surface area contributed by atoms with E-state index >= 15 is 0 Å². The number of likely N-dealkylation sites (N-methyl/N-ethyl adjacent to an activating group) is 1. The number of aliphatic hydroxyl groups excluding tert-OH is 2. The number of carbonyl (C=O) groups excluding carboxylic acids is 2. The van der Waals surface area contributed by atoms with Crippen molar-refractivity contribution in [1.82, 2.24) is 48.7 Å². The molecule has 6 aliphatic heterocycles. The third kappa shape index (κ3) is 25.5. The fourth-order valence-electron chi connectivity index (χ4n) is 14.9. The molecule has 6 fully saturated rings. The number of aliphatic hydroxyl groups is 2. The smallest absolute Gasteiger partial charge is 1.00 e. The van der Waals surface area contributed by atoms with E-state index in [-0.39, 0.29) is 130 Å². The number of halogens is 11. The van der Waals surface area contributed by atoms with Crippen LogP contribution in [0.25, 0.3) is 33.1 Å². The Morgan fingerprint density at radius 2 is 0.938 bits per heavy atom. The van der Waals surface area contributed by atoms with Gasteiger partial charge < -0.3 is 75.7 Å². The first-order chi connectivity index (χ1) is 58.6. The molecule has 0 saturated carbocycles. The normalized spacial score (nSPS) is 22.6. The number of hydrogen-bond acceptors (Lipinski definition) is 21. The summed E-state index contributed by atoms with van der Waals surface area (Å²) in [6, 6.07) is 36.0. The van der Waals surface area contributed by atoms with Crippen LogP contribution in [-0.2, 0) is 89.2 Å². The van der Waals surface area contributed by atoms with Gasteiger partial charge in [0.25, 0.3) is 5.91 Å². The number of hydrogen-bond donors (Lipinski definition) is 2. The number of ether oxygens (including phenoxy) is 9. The fraction of sp³-hybridized carbons (Fsp3) is 0.438. The third-order valence-corrected chi connectivity index (χ3v) is 30.1. The summed E-state index contributed by atoms with van der Waals surface area (Å²) in [5, 5.41) is 27.8. The Labute approximate surface area is 873 Å². The number of aryl methyl sites for hydroxylation is 3. The largest absolute Gasteiger partial charge is 1.00 e. The van der Waals surface area contributed by atoms with E-state index in [2.05, 4.69) is 116 Å². The molecule has 13 atom stereocenters. The second kappa shape index (κ2) is 46.7. The van der Waals surface area contributed by atoms with Crippen LogP contribution >= 0.6 is 125 Å². The number of benzene rings is 5. The Kier molecular flexibility index (Phi) is 40.1. The van der Waals surface area contributed by atoms with E-state index in [0.717, 1.165) is 71.0 Å². The quantitative estimate of drug-likeness (QED) is 0.0299. The molecule has 25 nitrogen and oxygen atoms in total. The molecule has 6 aromatic heterocycles. The van der Waals surface area contributed by atoms with E-state index in [4.69, 9.17) is 150 Å². The van der Waals surface area contributed by atoms with Crippen molar-refractivity contribution >= 4 is 178 Å². The molecule has 6 saturated heterocycles. The van der Waals surface area contributed by atoms with Crippen LogP contribution < -0.4 is 92.5 Å². The zero-order chi connectivity index (χ0) is 90.0. The molecule has 0 aliphatic carbocycles. The molecule has 2 N–H and O–H groups in total. The molecule has 12 heterocycles. The van der Waals surface area contributed by atoms with Gasteiger partial charge >= 0.3 is 87.8 Å². The summed E-state index contributed by atoms with van der Waals surface area (Å²) in [5.74, 6) is -3.09. The topological polar surface area (TPSA) is 271 Å². The molecule has 11 aromatic rings. The number of aromatic nitrogens is 9. The second-order valence-corrected chi connectivity index (χ2v) is 42.5. The van der Waals surface area contributed by atoms with Gasteiger partial charge in [0.2, 0.25) is 0 Å². The Hall–Kier alpha value is -3.34. The van der Waals surface area contributed by atoms with E-state index in [1.165, 1.54) is 44.3 Å². The maximum Gasteiger partial charge on any atom is 1.00 e. The first-order valence-electron chi connectivity index (χ1n) is 39.9. The Bertz CT molecular complexity index is 5610. The van der Waals surface area contributed by atoms with Gasteiger partial charge in [0.15, 0.2) is 62.4 Å². The molecular weight excluding hydrogens is 2080 g/mol. The average Bonchev–Trinajstić information content (AvgIpc) is 1.59. The Morgan fingerprint density at radius 1 is 0.547 bits per heavy atom. The van der Waals surface area contributed by atoms with E-state index in [0.29, 0.717) is 63.8 Å². The zero-order valence-electron chi connectivity index (χ0n) is 73.2. The molecule has 0 unspecified atom stereocenters. The van der Waals surface area contributed by atoms with Crippen molar-refractivity contribution in [2.45, 2.75) is 238 Å². The standard InChI is InChI=1S/C27H33Cl2N3O5Si.C22H23Cl2N3O4.C16H19ClN4O5.C8H8BrCl.C8H8Cl.C7H6BrClO.CH4.Cs.FH.Li/c1-26(2,3)38(6,7)34-13-15-12-16(28)8-9-17(15)19(33)20-21-22(37-27(4,5)36-21)25(35-20)32-11-10-18-23(29)30-14-31-24(18)32;1-4-11-9-12(23)5-6-13(11)15(28)16-17-18(31-22(2,3)30-17)21(29-16)27-8-7-14-19(24)25-10-26-20(14)27;1-16(2)25-9-10(14(22)20(3)23-4)24-15(11(9)26-16)21-6-5-8-12(17)18-7-19-13(8)21;1-2-6-5-7(10)3-4-8(6)9;1-2-7-4-3-5-8(9)6-7;8-7-2-1-6(9)3-5(7)4-10;;;;/h8-12,14,20-22,25H,13H2,1-7H3;5-10,15-18,21,28H,4H2,1-3H3;5-7,9-11,15H,1-4H3;3-5H,2H2,1H3;3,5-6H,2H2,1H3;1-3,10H,4H2;1H4;;1H;/q;;;;-1;;;+1;;+1/p-1/t20-,21-,22-,25-;15-,16-,17-,18-,21-;9-,10+,11-,15-;;;;;;;/m111......./s1. The van der Waals surface area contributed by atoms with Crippen molar-refractivity contribution in [2.24, 2.45) is 0 Å². The van der Waals surface area contributed by atoms with Crippen LogP contribution in [0, 0.1) is 6.07 Å². The van der Waals surface area contributed by atoms with E-state index in [1.54, 1.807) is 67.1 Å². The van der Waals surface area contributed by atoms with Crippen molar-refractivity contribution < 1.29 is 164 Å². The van der Waals surface area contributed by atoms with Crippen LogP contribution in [-0.4, -0.2) is 165 Å². The first kappa shape index (κ1) is 110. The van der Waals surface area contributed by atoms with Gasteiger partial charge in [-0.1, -0.05) is 180 Å². The van der Waals surface area contributed by atoms with E-state index in [9.17, 15) is 14.7 Å². The number of fused-ring (bicyclic) bond motifs is 6. The van der Waals surface area contributed by atoms with Gasteiger partial charge in [-0.05, 0) is 185 Å². The Balaban J connectivity index is 0.000000204. The predicted molar refractivity (Wildman–Crippen MR) is 494 cm³/mol. The molecule has 39 heteroatoms. The molecule has 1 amide bonds. The second-order valence-electron chi connectivity index (χ2n) is 32.7. The summed E-state index contributed by atoms with van der Waals surface area (Å²) in [6.45, 7) is 28.4. The summed E-state index contributed by atoms with van der Waals surface area (Å²) in [4.78, 5) is 56.9. The molecular formula is C89H101Br2Cl8CsFLiN10O15Si. The van der Waals surface area contributed by atoms with Crippen LogP contribution in [0.1, 0.15) is 159 Å². The van der Waals surface area contributed by atoms with Gasteiger partial charge in [0, 0.05) is 60.2 Å². The summed E-state index contributed by atoms with van der Waals surface area (Å²) in [5.41, 5.74) is 8.00. The molecule has 0 bridgehead atoms. The molecule has 6 aliphatic rings. The van der Waals surface area contributed by atoms with Crippen LogP contribution in [0.4, 0.5) is 0 Å². The third-order valence-electron chi connectivity index (χ3n) is 22.0. The van der Waals surface area contributed by atoms with Crippen molar-refractivity contribution in [3.05, 3.63) is 241 Å². The van der Waals surface area contributed by atoms with E-state index < -0.39 is 105 Å². The van der Waals surface area contributed by atoms with Crippen molar-refractivity contribution in [3.8, 4) is 0 Å². The summed E-state index contributed by atoms with van der Waals surface area (Å²) in [7, 11) is 0.864. The number of hydroxylamine groups is 2. The number of carbonyl (C=O) groups is 2. The maximum atomic E-state index is 14.1. The van der Waals surface area contributed by atoms with Gasteiger partial charge in [-0.2, -0.15) is 23.8 Å². The van der Waals surface area contributed by atoms with Crippen molar-refractivity contribution in [1.29, 1.82) is 0 Å². The molecule has 0 spiro atoms. The van der Waals surface area contributed by atoms with Crippen LogP contribution in [0.2, 0.25) is 58.7 Å². The average molecular weight is 2180 g/mol. The molecule has 5 aromatic carbocycles. The fourth-order valence-corrected chi connectivity index (χ4v) is 18.3. The summed E-state index contributed by atoms with van der Waals surface area (Å²) < 4.78 is 69.6. The minimum absolute atomic E-state index is 0. The zero-order valence-corrected chi connectivity index (χ0v) is 89.7. The molecule has 680 valence electrons. The van der Waals surface area contributed by atoms with E-state index in [1.807, 2.05) is 123 Å². The van der Waals surface area contributed by atoms with Gasteiger partial charge in [-0.25, -0.2) is 35.0 Å². The molecule has 17 rings (SSSR count). The van der Waals surface area contributed by atoms with Gasteiger partial charge in [0.1, 0.15) is 100 Å². The Morgan fingerprint density at radius 3 is 1.36 bits per heavy atom. The van der Waals surface area contributed by atoms with Gasteiger partial charge in [-0.15, -0.1) is 17.7 Å². The van der Waals surface area contributed by atoms with Crippen molar-refractivity contribution in [3.63, 3.8) is 0 Å². The van der Waals surface area contributed by atoms with Crippen LogP contribution in [0.3, 0.4) is 0 Å². The van der Waals surface area contributed by atoms with Crippen LogP contribution in [0.5, 0.6) is 0 Å². The number of nitrogens with zero attached hydrogens (tertiary/aromatic N) is 10. The SMILES string of the molecule is C.CC1(C)O[C@@H]2[C@H](O1)[C@@H](C(=O)c1ccc(Cl)cc1CO[Si](C)(C)C(C)(C)C)O[C@H]2n1ccc2c(Cl)ncnc21.CCc1[c-]ccc(Cl)c1.CCc1cc(Cl)ccc1Br.CCc1cc(Cl)ccc1[C@@H](O)[C@H]1O[C@@H](n2ccc3c(Cl)ncnc32)[C@@H]2OC(C)(C)O[C@@H]21.CON(C)C(=O)[C@H]1O[C@@H](n2ccc3c(Cl)ncnc32)[C@@H]2OC(C)(C)O[C@@H]21.OCc1cc(Cl)ccc1Br.[Cs+].[F-].[Li+]. The molecule has 0 radical (unpaired) electrons.